The number of halogens is 1. The summed E-state index contributed by atoms with van der Waals surface area (Å²) in [6.07, 6.45) is 0.541. The summed E-state index contributed by atoms with van der Waals surface area (Å²) < 4.78 is 18.5. The Balaban J connectivity index is 1.73. The zero-order valence-corrected chi connectivity index (χ0v) is 12.4. The van der Waals surface area contributed by atoms with E-state index in [0.29, 0.717) is 30.0 Å². The maximum atomic E-state index is 13.4. The number of rotatable bonds is 7. The fraction of sp³-hybridized carbons (Fsp3) is 0.235. The van der Waals surface area contributed by atoms with Gasteiger partial charge in [-0.15, -0.1) is 0 Å². The number of ether oxygens (including phenoxy) is 1. The highest BCUT2D eigenvalue weighted by molar-refractivity contribution is 5.92. The monoisotopic (exact) mass is 302 g/mol. The SMILES string of the molecule is COc1cccc(NC(=O)CNCCc2ccccc2F)c1. The number of hydrogen-bond acceptors (Lipinski definition) is 3. The van der Waals surface area contributed by atoms with Gasteiger partial charge in [-0.1, -0.05) is 24.3 Å². The van der Waals surface area contributed by atoms with E-state index in [-0.39, 0.29) is 18.3 Å². The average Bonchev–Trinajstić information content (AvgIpc) is 2.53. The van der Waals surface area contributed by atoms with Crippen LogP contribution in [0.3, 0.4) is 0 Å². The van der Waals surface area contributed by atoms with Crippen LogP contribution < -0.4 is 15.4 Å². The van der Waals surface area contributed by atoms with Gasteiger partial charge < -0.3 is 15.4 Å². The number of carbonyl (C=O) groups is 1. The molecule has 2 aromatic rings. The Kier molecular flexibility index (Phi) is 5.91. The van der Waals surface area contributed by atoms with E-state index in [2.05, 4.69) is 10.6 Å². The number of anilines is 1. The minimum atomic E-state index is -0.217. The minimum Gasteiger partial charge on any atom is -0.497 e. The van der Waals surface area contributed by atoms with Crippen molar-refractivity contribution in [1.29, 1.82) is 0 Å². The summed E-state index contributed by atoms with van der Waals surface area (Å²) in [7, 11) is 1.57. The molecule has 1 amide bonds. The van der Waals surface area contributed by atoms with Crippen molar-refractivity contribution >= 4 is 11.6 Å². The van der Waals surface area contributed by atoms with Gasteiger partial charge in [0.25, 0.3) is 0 Å². The third-order valence-corrected chi connectivity index (χ3v) is 3.17. The zero-order valence-electron chi connectivity index (χ0n) is 12.4. The van der Waals surface area contributed by atoms with Crippen molar-refractivity contribution in [1.82, 2.24) is 5.32 Å². The van der Waals surface area contributed by atoms with Crippen LogP contribution in [-0.2, 0) is 11.2 Å². The summed E-state index contributed by atoms with van der Waals surface area (Å²) in [4.78, 5) is 11.8. The molecule has 0 spiro atoms. The van der Waals surface area contributed by atoms with E-state index in [1.807, 2.05) is 6.07 Å². The first kappa shape index (κ1) is 16.0. The van der Waals surface area contributed by atoms with Gasteiger partial charge >= 0.3 is 0 Å². The molecule has 5 heteroatoms. The highest BCUT2D eigenvalue weighted by Gasteiger charge is 2.04. The second kappa shape index (κ2) is 8.14. The predicted octanol–water partition coefficient (Wildman–Crippen LogP) is 2.61. The van der Waals surface area contributed by atoms with Gasteiger partial charge in [-0.25, -0.2) is 4.39 Å². The molecule has 0 radical (unpaired) electrons. The van der Waals surface area contributed by atoms with Crippen LogP contribution >= 0.6 is 0 Å². The van der Waals surface area contributed by atoms with Gasteiger partial charge in [-0.2, -0.15) is 0 Å². The highest BCUT2D eigenvalue weighted by atomic mass is 19.1. The fourth-order valence-corrected chi connectivity index (χ4v) is 2.03. The molecule has 4 nitrogen and oxygen atoms in total. The van der Waals surface area contributed by atoms with Crippen LogP contribution in [0.1, 0.15) is 5.56 Å². The van der Waals surface area contributed by atoms with Crippen molar-refractivity contribution in [2.45, 2.75) is 6.42 Å². The lowest BCUT2D eigenvalue weighted by Gasteiger charge is -2.08. The van der Waals surface area contributed by atoms with Gasteiger partial charge in [0.15, 0.2) is 0 Å². The highest BCUT2D eigenvalue weighted by Crippen LogP contribution is 2.16. The van der Waals surface area contributed by atoms with Crippen molar-refractivity contribution in [2.75, 3.05) is 25.5 Å². The molecule has 0 aliphatic rings. The smallest absolute Gasteiger partial charge is 0.238 e. The summed E-state index contributed by atoms with van der Waals surface area (Å²) >= 11 is 0. The molecule has 0 atom stereocenters. The third kappa shape index (κ3) is 4.86. The van der Waals surface area contributed by atoms with E-state index in [9.17, 15) is 9.18 Å². The zero-order chi connectivity index (χ0) is 15.8. The predicted molar refractivity (Wildman–Crippen MR) is 84.6 cm³/mol. The molecule has 116 valence electrons. The molecule has 2 N–H and O–H groups in total. The number of methoxy groups -OCH3 is 1. The Hall–Kier alpha value is -2.40. The van der Waals surface area contributed by atoms with Crippen molar-refractivity contribution in [2.24, 2.45) is 0 Å². The van der Waals surface area contributed by atoms with Crippen molar-refractivity contribution in [3.05, 3.63) is 59.9 Å². The van der Waals surface area contributed by atoms with Gasteiger partial charge in [-0.05, 0) is 36.7 Å². The lowest BCUT2D eigenvalue weighted by Crippen LogP contribution is -2.29. The molecule has 0 heterocycles. The molecule has 2 rings (SSSR count). The molecular formula is C17H19FN2O2. The second-order valence-corrected chi connectivity index (χ2v) is 4.80. The largest absolute Gasteiger partial charge is 0.497 e. The summed E-state index contributed by atoms with van der Waals surface area (Å²) in [6, 6.07) is 13.8. The van der Waals surface area contributed by atoms with E-state index < -0.39 is 0 Å². The second-order valence-electron chi connectivity index (χ2n) is 4.80. The van der Waals surface area contributed by atoms with Gasteiger partial charge in [0, 0.05) is 11.8 Å². The van der Waals surface area contributed by atoms with E-state index in [1.54, 1.807) is 43.5 Å². The maximum absolute atomic E-state index is 13.4. The molecule has 0 aromatic heterocycles. The Morgan fingerprint density at radius 1 is 1.18 bits per heavy atom. The molecule has 0 aliphatic carbocycles. The van der Waals surface area contributed by atoms with Crippen LogP contribution in [0.5, 0.6) is 5.75 Å². The Morgan fingerprint density at radius 2 is 2.00 bits per heavy atom. The first-order valence-electron chi connectivity index (χ1n) is 7.07. The molecule has 0 saturated carbocycles. The molecule has 0 unspecified atom stereocenters. The standard InChI is InChI=1S/C17H19FN2O2/c1-22-15-7-4-6-14(11-15)20-17(21)12-19-10-9-13-5-2-3-8-16(13)18/h2-8,11,19H,9-10,12H2,1H3,(H,20,21). The average molecular weight is 302 g/mol. The summed E-state index contributed by atoms with van der Waals surface area (Å²) in [5.74, 6) is 0.317. The van der Waals surface area contributed by atoms with Crippen LogP contribution in [0.25, 0.3) is 0 Å². The van der Waals surface area contributed by atoms with Crippen molar-refractivity contribution in [3.8, 4) is 5.75 Å². The molecule has 22 heavy (non-hydrogen) atoms. The van der Waals surface area contributed by atoms with Crippen LogP contribution in [-0.4, -0.2) is 26.1 Å². The quantitative estimate of drug-likeness (QED) is 0.773. The van der Waals surface area contributed by atoms with Gasteiger partial charge in [0.05, 0.1) is 13.7 Å². The number of nitrogens with one attached hydrogen (secondary N) is 2. The summed E-state index contributed by atoms with van der Waals surface area (Å²) in [5, 5.41) is 5.77. The molecule has 0 saturated heterocycles. The summed E-state index contributed by atoms with van der Waals surface area (Å²) in [6.45, 7) is 0.706. The molecule has 2 aromatic carbocycles. The molecular weight excluding hydrogens is 283 g/mol. The van der Waals surface area contributed by atoms with Crippen molar-refractivity contribution in [3.63, 3.8) is 0 Å². The van der Waals surface area contributed by atoms with Crippen LogP contribution in [0, 0.1) is 5.82 Å². The lowest BCUT2D eigenvalue weighted by atomic mass is 10.1. The van der Waals surface area contributed by atoms with E-state index in [4.69, 9.17) is 4.74 Å². The van der Waals surface area contributed by atoms with Crippen LogP contribution in [0.4, 0.5) is 10.1 Å². The summed E-state index contributed by atoms with van der Waals surface area (Å²) in [5.41, 5.74) is 1.32. The topological polar surface area (TPSA) is 50.4 Å². The maximum Gasteiger partial charge on any atom is 0.238 e. The Labute approximate surface area is 129 Å². The number of benzene rings is 2. The van der Waals surface area contributed by atoms with Crippen LogP contribution in [0.15, 0.2) is 48.5 Å². The third-order valence-electron chi connectivity index (χ3n) is 3.17. The number of amides is 1. The van der Waals surface area contributed by atoms with E-state index in [0.717, 1.165) is 0 Å². The first-order chi connectivity index (χ1) is 10.7. The fourth-order valence-electron chi connectivity index (χ4n) is 2.03. The van der Waals surface area contributed by atoms with E-state index >= 15 is 0 Å². The Morgan fingerprint density at radius 3 is 2.77 bits per heavy atom. The van der Waals surface area contributed by atoms with Gasteiger partial charge in [0.1, 0.15) is 11.6 Å². The van der Waals surface area contributed by atoms with Crippen molar-refractivity contribution < 1.29 is 13.9 Å². The molecule has 0 aliphatic heterocycles. The van der Waals surface area contributed by atoms with Crippen LogP contribution in [0.2, 0.25) is 0 Å². The molecule has 0 bridgehead atoms. The minimum absolute atomic E-state index is 0.151. The Bertz CT molecular complexity index is 632. The first-order valence-corrected chi connectivity index (χ1v) is 7.07. The number of carbonyl (C=O) groups excluding carboxylic acids is 1. The van der Waals surface area contributed by atoms with Gasteiger partial charge in [-0.3, -0.25) is 4.79 Å². The normalized spacial score (nSPS) is 10.3. The van der Waals surface area contributed by atoms with Gasteiger partial charge in [0.2, 0.25) is 5.91 Å². The van der Waals surface area contributed by atoms with E-state index in [1.165, 1.54) is 6.07 Å². The molecule has 0 fully saturated rings. The number of hydrogen-bond donors (Lipinski definition) is 2. The lowest BCUT2D eigenvalue weighted by molar-refractivity contribution is -0.115.